The fourth-order valence-corrected chi connectivity index (χ4v) is 4.38. The van der Waals surface area contributed by atoms with Gasteiger partial charge in [-0.3, -0.25) is 0 Å². The summed E-state index contributed by atoms with van der Waals surface area (Å²) < 4.78 is -0.107. The molecule has 0 aliphatic heterocycles. The number of benzene rings is 2. The number of hydrogen-bond donors (Lipinski definition) is 2. The molecule has 2 unspecified atom stereocenters. The smallest absolute Gasteiger partial charge is 0.362 e. The molecule has 2 aromatic rings. The van der Waals surface area contributed by atoms with E-state index in [0.717, 1.165) is 11.1 Å². The summed E-state index contributed by atoms with van der Waals surface area (Å²) in [5, 5.41) is 29.7. The second-order valence-corrected chi connectivity index (χ2v) is 7.57. The number of nitriles is 1. The second-order valence-electron chi connectivity index (χ2n) is 7.57. The van der Waals surface area contributed by atoms with Crippen LogP contribution in [0.25, 0.3) is 0 Å². The molecule has 0 bridgehead atoms. The van der Waals surface area contributed by atoms with E-state index in [1.54, 1.807) is 6.92 Å². The number of aliphatic carboxylic acids is 2. The van der Waals surface area contributed by atoms with Gasteiger partial charge in [-0.15, -0.1) is 0 Å². The van der Waals surface area contributed by atoms with Crippen LogP contribution in [0.5, 0.6) is 0 Å². The van der Waals surface area contributed by atoms with Crippen molar-refractivity contribution in [2.24, 2.45) is 0 Å². The first-order valence-corrected chi connectivity index (χ1v) is 10.2. The Balaban J connectivity index is 2.57. The van der Waals surface area contributed by atoms with Crippen LogP contribution in [0.1, 0.15) is 37.8 Å². The van der Waals surface area contributed by atoms with Gasteiger partial charge in [-0.2, -0.15) is 5.26 Å². The average molecular weight is 410 g/mol. The molecule has 0 aromatic heterocycles. The Bertz CT molecular complexity index is 853. The summed E-state index contributed by atoms with van der Waals surface area (Å²) in [7, 11) is 0. The van der Waals surface area contributed by atoms with Crippen LogP contribution in [0, 0.1) is 11.3 Å². The first-order valence-electron chi connectivity index (χ1n) is 10.2. The fraction of sp³-hybridized carbons (Fsp3) is 0.375. The van der Waals surface area contributed by atoms with Crippen molar-refractivity contribution in [3.05, 3.63) is 71.8 Å². The molecule has 0 spiro atoms. The number of rotatable bonds is 11. The molecule has 0 aliphatic carbocycles. The maximum Gasteiger partial charge on any atom is 0.362 e. The third-order valence-electron chi connectivity index (χ3n) is 6.07. The summed E-state index contributed by atoms with van der Waals surface area (Å²) in [6.07, 6.45) is 0.620. The lowest BCUT2D eigenvalue weighted by atomic mass is 9.73. The molecule has 0 amide bonds. The molecule has 30 heavy (non-hydrogen) atoms. The van der Waals surface area contributed by atoms with Crippen molar-refractivity contribution in [1.82, 2.24) is 0 Å². The lowest BCUT2D eigenvalue weighted by Gasteiger charge is -2.42. The molecule has 0 saturated heterocycles. The molecule has 2 N–H and O–H groups in total. The van der Waals surface area contributed by atoms with Gasteiger partial charge in [0.25, 0.3) is 0 Å². The molecule has 6 heteroatoms. The first-order chi connectivity index (χ1) is 14.3. The molecular formula is C24H29N2O4+. The fourth-order valence-electron chi connectivity index (χ4n) is 4.38. The predicted molar refractivity (Wildman–Crippen MR) is 114 cm³/mol. The van der Waals surface area contributed by atoms with Crippen LogP contribution in [0.15, 0.2) is 60.7 Å². The topological polar surface area (TPSA) is 98.4 Å². The van der Waals surface area contributed by atoms with Gasteiger partial charge in [0, 0.05) is 12.8 Å². The van der Waals surface area contributed by atoms with Gasteiger partial charge in [-0.05, 0) is 18.1 Å². The zero-order valence-corrected chi connectivity index (χ0v) is 17.5. The third kappa shape index (κ3) is 4.69. The van der Waals surface area contributed by atoms with Crippen LogP contribution in [0.2, 0.25) is 0 Å². The van der Waals surface area contributed by atoms with Crippen LogP contribution in [-0.2, 0) is 15.0 Å². The quantitative estimate of drug-likeness (QED) is 0.552. The molecule has 2 rings (SSSR count). The molecule has 0 heterocycles. The van der Waals surface area contributed by atoms with E-state index in [-0.39, 0.29) is 17.6 Å². The van der Waals surface area contributed by atoms with E-state index in [9.17, 15) is 25.1 Å². The highest BCUT2D eigenvalue weighted by molar-refractivity contribution is 5.73. The number of carboxylic acid groups (broad SMARTS) is 2. The zero-order chi connectivity index (χ0) is 22.2. The number of nitrogens with zero attached hydrogens (tertiary/aromatic N) is 2. The summed E-state index contributed by atoms with van der Waals surface area (Å²) in [5.41, 5.74) is 0.620. The van der Waals surface area contributed by atoms with E-state index in [1.807, 2.05) is 67.6 Å². The lowest BCUT2D eigenvalue weighted by Crippen LogP contribution is -2.61. The van der Waals surface area contributed by atoms with Gasteiger partial charge in [0.1, 0.15) is 5.41 Å². The van der Waals surface area contributed by atoms with Crippen LogP contribution in [0.3, 0.4) is 0 Å². The number of likely N-dealkylation sites (N-methyl/N-ethyl adjacent to an activating group) is 1. The highest BCUT2D eigenvalue weighted by atomic mass is 16.4. The van der Waals surface area contributed by atoms with Crippen molar-refractivity contribution in [3.63, 3.8) is 0 Å². The monoisotopic (exact) mass is 409 g/mol. The van der Waals surface area contributed by atoms with Gasteiger partial charge in [0.2, 0.25) is 0 Å². The minimum atomic E-state index is -1.04. The van der Waals surface area contributed by atoms with Crippen LogP contribution < -0.4 is 0 Å². The van der Waals surface area contributed by atoms with Gasteiger partial charge in [0.05, 0.1) is 19.2 Å². The van der Waals surface area contributed by atoms with Crippen molar-refractivity contribution < 1.29 is 24.3 Å². The minimum Gasteiger partial charge on any atom is -0.477 e. The molecule has 6 nitrogen and oxygen atoms in total. The second kappa shape index (κ2) is 10.0. The Labute approximate surface area is 177 Å². The summed E-state index contributed by atoms with van der Waals surface area (Å²) in [4.78, 5) is 23.7. The summed E-state index contributed by atoms with van der Waals surface area (Å²) >= 11 is 0. The predicted octanol–water partition coefficient (Wildman–Crippen LogP) is 3.67. The Morgan fingerprint density at radius 2 is 1.50 bits per heavy atom. The van der Waals surface area contributed by atoms with Gasteiger partial charge >= 0.3 is 11.9 Å². The molecule has 0 saturated carbocycles. The van der Waals surface area contributed by atoms with Crippen molar-refractivity contribution in [3.8, 4) is 6.07 Å². The van der Waals surface area contributed by atoms with Gasteiger partial charge < -0.3 is 14.7 Å². The number of quaternary nitrogens is 1. The van der Waals surface area contributed by atoms with Crippen LogP contribution in [0.4, 0.5) is 0 Å². The number of hydrogen-bond acceptors (Lipinski definition) is 3. The van der Waals surface area contributed by atoms with Crippen LogP contribution >= 0.6 is 0 Å². The van der Waals surface area contributed by atoms with Crippen molar-refractivity contribution in [2.75, 3.05) is 19.6 Å². The minimum absolute atomic E-state index is 0.107. The Hall–Kier alpha value is -3.17. The number of carbonyl (C=O) groups is 2. The molecule has 0 fully saturated rings. The molecule has 2 atom stereocenters. The Morgan fingerprint density at radius 3 is 1.83 bits per heavy atom. The SMILES string of the molecule is CCC(C(=O)O)[N+](CC)(CCC(C#N)(c1ccccc1)c1ccccc1)CC(=O)O. The summed E-state index contributed by atoms with van der Waals surface area (Å²) in [6, 6.07) is 20.4. The molecule has 158 valence electrons. The molecule has 0 radical (unpaired) electrons. The van der Waals surface area contributed by atoms with E-state index >= 15 is 0 Å². The van der Waals surface area contributed by atoms with Crippen molar-refractivity contribution >= 4 is 11.9 Å². The third-order valence-corrected chi connectivity index (χ3v) is 6.07. The molecular weight excluding hydrogens is 380 g/mol. The normalized spacial score (nSPS) is 14.3. The van der Waals surface area contributed by atoms with Gasteiger partial charge in [0.15, 0.2) is 12.6 Å². The van der Waals surface area contributed by atoms with E-state index in [1.165, 1.54) is 0 Å². The van der Waals surface area contributed by atoms with Crippen LogP contribution in [-0.4, -0.2) is 52.3 Å². The van der Waals surface area contributed by atoms with Gasteiger partial charge in [-0.1, -0.05) is 67.6 Å². The van der Waals surface area contributed by atoms with Crippen molar-refractivity contribution in [2.45, 2.75) is 38.1 Å². The standard InChI is InChI=1S/C24H28N2O4/c1-3-21(23(29)30)26(4-2,17-22(27)28)16-15-24(18-25,19-11-7-5-8-12-19)20-13-9-6-10-14-20/h5-14,21H,3-4,15-17H2,1-2H3,(H-,27,28,29,30)/p+1. The lowest BCUT2D eigenvalue weighted by molar-refractivity contribution is -0.935. The van der Waals surface area contributed by atoms with Crippen molar-refractivity contribution in [1.29, 1.82) is 5.26 Å². The average Bonchev–Trinajstić information content (AvgIpc) is 2.75. The maximum absolute atomic E-state index is 12.0. The van der Waals surface area contributed by atoms with Gasteiger partial charge in [-0.25, -0.2) is 9.59 Å². The van der Waals surface area contributed by atoms with E-state index in [2.05, 4.69) is 6.07 Å². The highest BCUT2D eigenvalue weighted by Gasteiger charge is 2.45. The maximum atomic E-state index is 12.0. The Kier molecular flexibility index (Phi) is 7.73. The van der Waals surface area contributed by atoms with E-state index < -0.39 is 23.4 Å². The van der Waals surface area contributed by atoms with E-state index in [0.29, 0.717) is 19.4 Å². The largest absolute Gasteiger partial charge is 0.477 e. The highest BCUT2D eigenvalue weighted by Crippen LogP contribution is 2.37. The zero-order valence-electron chi connectivity index (χ0n) is 17.5. The summed E-state index contributed by atoms with van der Waals surface area (Å²) in [6.45, 7) is 3.88. The number of carboxylic acids is 2. The molecule has 2 aromatic carbocycles. The molecule has 0 aliphatic rings. The van der Waals surface area contributed by atoms with E-state index in [4.69, 9.17) is 0 Å². The first kappa shape index (κ1) is 23.1. The summed E-state index contributed by atoms with van der Waals surface area (Å²) in [5.74, 6) is -2.05. The Morgan fingerprint density at radius 1 is 1.00 bits per heavy atom.